The highest BCUT2D eigenvalue weighted by Gasteiger charge is 2.92. The van der Waals surface area contributed by atoms with E-state index < -0.39 is 72.3 Å². The molecule has 0 aliphatic heterocycles. The Kier molecular flexibility index (Phi) is 7.82. The van der Waals surface area contributed by atoms with Crippen LogP contribution in [0, 0.1) is 6.43 Å². The van der Waals surface area contributed by atoms with Crippen molar-refractivity contribution in [2.75, 3.05) is 0 Å². The van der Waals surface area contributed by atoms with Crippen molar-refractivity contribution >= 4 is 0 Å². The summed E-state index contributed by atoms with van der Waals surface area (Å²) < 4.78 is 293. The number of rotatable bonds is 10. The van der Waals surface area contributed by atoms with E-state index in [4.69, 9.17) is 0 Å². The Bertz CT molecular complexity index is 753. The fourth-order valence-electron chi connectivity index (χ4n) is 1.85. The molecule has 0 saturated carbocycles. The predicted octanol–water partition coefficient (Wildman–Crippen LogP) is 8.08. The maximum atomic E-state index is 13.3. The first-order valence-corrected chi connectivity index (χ1v) is 7.30. The summed E-state index contributed by atoms with van der Waals surface area (Å²) in [5.74, 6) is -74.8. The van der Waals surface area contributed by atoms with Crippen LogP contribution in [0.3, 0.4) is 0 Å². The van der Waals surface area contributed by atoms with Crippen LogP contribution in [-0.4, -0.2) is 59.5 Å². The topological polar surface area (TPSA) is 0 Å². The normalized spacial score (nSPS) is 16.8. The minimum Gasteiger partial charge on any atom is -0.199 e. The molecule has 0 rings (SSSR count). The summed E-state index contributed by atoms with van der Waals surface area (Å²) >= 11 is 0. The van der Waals surface area contributed by atoms with Crippen LogP contribution in [0.15, 0.2) is 0 Å². The molecule has 23 heteroatoms. The molecule has 0 aliphatic rings. The van der Waals surface area contributed by atoms with Crippen molar-refractivity contribution < 1.29 is 101 Å². The molecule has 0 aromatic rings. The highest BCUT2D eigenvalue weighted by atomic mass is 19.4. The van der Waals surface area contributed by atoms with Crippen LogP contribution in [0.1, 0.15) is 6.42 Å². The minimum absolute atomic E-state index is 5.12. The highest BCUT2D eigenvalue weighted by molar-refractivity contribution is 5.14. The second-order valence-electron chi connectivity index (χ2n) is 6.36. The van der Waals surface area contributed by atoms with Gasteiger partial charge in [-0.2, -0.15) is 101 Å². The average Bonchev–Trinajstić information content (AvgIpc) is 2.58. The molecule has 0 amide bonds. The zero-order valence-electron chi connectivity index (χ0n) is 14.9. The molecular weight excluding hydrogens is 581 g/mol. The molecule has 0 aromatic carbocycles. The van der Waals surface area contributed by atoms with Crippen LogP contribution < -0.4 is 0 Å². The largest absolute Gasteiger partial charge is 0.460 e. The van der Waals surface area contributed by atoms with E-state index in [1.165, 1.54) is 0 Å². The number of alkyl halides is 21. The van der Waals surface area contributed by atoms with Gasteiger partial charge in [-0.05, 0) is 0 Å². The molecule has 0 saturated heterocycles. The first-order chi connectivity index (χ1) is 14.7. The van der Waals surface area contributed by atoms with Crippen LogP contribution in [0.25, 0.3) is 0 Å². The van der Waals surface area contributed by atoms with Crippen molar-refractivity contribution in [2.24, 2.45) is 0 Å². The molecule has 0 aromatic heterocycles. The molecule has 0 heterocycles. The second kappa shape index (κ2) is 8.20. The summed E-state index contributed by atoms with van der Waals surface area (Å²) in [5.41, 5.74) is 0. The lowest BCUT2D eigenvalue weighted by Gasteiger charge is -2.41. The van der Waals surface area contributed by atoms with Crippen molar-refractivity contribution in [3.63, 3.8) is 0 Å². The Morgan fingerprint density at radius 3 is 0.857 bits per heavy atom. The first-order valence-electron chi connectivity index (χ1n) is 7.30. The Balaban J connectivity index is 6.69. The molecule has 0 atom stereocenters. The van der Waals surface area contributed by atoms with Gasteiger partial charge < -0.3 is 0 Å². The molecule has 35 heavy (non-hydrogen) atoms. The fraction of sp³-hybridized carbons (Fsp3) is 0.917. The van der Waals surface area contributed by atoms with E-state index in [0.717, 1.165) is 0 Å². The monoisotopic (exact) mass is 583 g/mol. The molecule has 211 valence electrons. The van der Waals surface area contributed by atoms with Crippen LogP contribution in [0.4, 0.5) is 101 Å². The lowest BCUT2D eigenvalue weighted by molar-refractivity contribution is -0.445. The molecule has 0 nitrogen and oxygen atoms in total. The maximum absolute atomic E-state index is 13.3. The van der Waals surface area contributed by atoms with Crippen LogP contribution in [0.5, 0.6) is 0 Å². The van der Waals surface area contributed by atoms with E-state index in [1.807, 2.05) is 0 Å². The molecule has 0 bridgehead atoms. The first kappa shape index (κ1) is 33.4. The molecule has 0 aliphatic carbocycles. The van der Waals surface area contributed by atoms with E-state index in [0.29, 0.717) is 0 Å². The quantitative estimate of drug-likeness (QED) is 0.228. The fourth-order valence-corrected chi connectivity index (χ4v) is 1.85. The standard InChI is InChI=1S/C12H2F23/c13-2(14)5(19,20)8(25,26)6(21,22)3(15,16)1-4(17,18)7(23,24)9(27,28)10(29,30)11(31,32)12(33,34)35/h1H2. The lowest BCUT2D eigenvalue weighted by Crippen LogP contribution is -2.71. The summed E-state index contributed by atoms with van der Waals surface area (Å²) in [7, 11) is 0. The van der Waals surface area contributed by atoms with Gasteiger partial charge in [0.05, 0.1) is 6.42 Å². The summed E-state index contributed by atoms with van der Waals surface area (Å²) in [5, 5.41) is 0. The van der Waals surface area contributed by atoms with Crippen molar-refractivity contribution in [3.05, 3.63) is 6.43 Å². The summed E-state index contributed by atoms with van der Waals surface area (Å²) in [4.78, 5) is 0. The van der Waals surface area contributed by atoms with E-state index in [2.05, 4.69) is 0 Å². The van der Waals surface area contributed by atoms with Crippen LogP contribution in [-0.2, 0) is 0 Å². The van der Waals surface area contributed by atoms with Crippen LogP contribution in [0.2, 0.25) is 0 Å². The van der Waals surface area contributed by atoms with Gasteiger partial charge in [-0.15, -0.1) is 0 Å². The van der Waals surface area contributed by atoms with Gasteiger partial charge in [0.15, 0.2) is 0 Å². The second-order valence-corrected chi connectivity index (χ2v) is 6.36. The van der Waals surface area contributed by atoms with Gasteiger partial charge in [0.2, 0.25) is 0 Å². The molecule has 0 N–H and O–H groups in total. The van der Waals surface area contributed by atoms with Gasteiger partial charge >= 0.3 is 65.9 Å². The van der Waals surface area contributed by atoms with Gasteiger partial charge in [0, 0.05) is 0 Å². The molecular formula is C12H2F23. The number of hydrogen-bond donors (Lipinski definition) is 0. The van der Waals surface area contributed by atoms with E-state index in [-0.39, 0.29) is 0 Å². The van der Waals surface area contributed by atoms with E-state index in [1.54, 1.807) is 0 Å². The lowest BCUT2D eigenvalue weighted by atomic mass is 9.88. The van der Waals surface area contributed by atoms with Gasteiger partial charge in [-0.1, -0.05) is 0 Å². The van der Waals surface area contributed by atoms with Crippen molar-refractivity contribution in [1.29, 1.82) is 0 Å². The zero-order chi connectivity index (χ0) is 29.3. The Hall–Kier alpha value is -1.61. The molecule has 1 radical (unpaired) electrons. The molecule has 0 fully saturated rings. The Morgan fingerprint density at radius 1 is 0.343 bits per heavy atom. The Morgan fingerprint density at radius 2 is 0.600 bits per heavy atom. The Labute approximate surface area is 175 Å². The average molecular weight is 583 g/mol. The van der Waals surface area contributed by atoms with Crippen LogP contribution >= 0.6 is 0 Å². The number of hydrogen-bond acceptors (Lipinski definition) is 0. The third-order valence-corrected chi connectivity index (χ3v) is 3.93. The van der Waals surface area contributed by atoms with Crippen molar-refractivity contribution in [3.8, 4) is 0 Å². The SMILES string of the molecule is F[C](F)C(F)(F)C(F)(F)C(F)(F)C(F)(F)CC(F)(F)C(F)(F)C(F)(F)C(F)(F)C(F)(F)C(F)(F)F. The summed E-state index contributed by atoms with van der Waals surface area (Å²) in [6, 6.07) is 0. The zero-order valence-corrected chi connectivity index (χ0v) is 14.9. The van der Waals surface area contributed by atoms with E-state index >= 15 is 0 Å². The summed E-state index contributed by atoms with van der Waals surface area (Å²) in [6.07, 6.45) is -18.4. The van der Waals surface area contributed by atoms with E-state index in [9.17, 15) is 101 Å². The molecule has 0 unspecified atom stereocenters. The number of halogens is 23. The molecule has 0 spiro atoms. The minimum atomic E-state index is -8.81. The maximum Gasteiger partial charge on any atom is 0.460 e. The van der Waals surface area contributed by atoms with Gasteiger partial charge in [-0.25, -0.2) is 0 Å². The van der Waals surface area contributed by atoms with Crippen molar-refractivity contribution in [2.45, 2.75) is 65.9 Å². The predicted molar refractivity (Wildman–Crippen MR) is 60.7 cm³/mol. The van der Waals surface area contributed by atoms with Gasteiger partial charge in [0.1, 0.15) is 0 Å². The van der Waals surface area contributed by atoms with Gasteiger partial charge in [0.25, 0.3) is 0 Å². The smallest absolute Gasteiger partial charge is 0.199 e. The third-order valence-electron chi connectivity index (χ3n) is 3.93. The highest BCUT2D eigenvalue weighted by Crippen LogP contribution is 2.63. The summed E-state index contributed by atoms with van der Waals surface area (Å²) in [6.45, 7) is 0. The van der Waals surface area contributed by atoms with Crippen molar-refractivity contribution in [1.82, 2.24) is 0 Å². The van der Waals surface area contributed by atoms with Gasteiger partial charge in [-0.3, -0.25) is 0 Å². The third kappa shape index (κ3) is 4.41.